The molecule has 3 rings (SSSR count). The van der Waals surface area contributed by atoms with E-state index < -0.39 is 5.97 Å². The van der Waals surface area contributed by atoms with Gasteiger partial charge in [0.1, 0.15) is 0 Å². The second-order valence-corrected chi connectivity index (χ2v) is 4.67. The summed E-state index contributed by atoms with van der Waals surface area (Å²) in [6.07, 6.45) is 3.69. The predicted octanol–water partition coefficient (Wildman–Crippen LogP) is 1.87. The Morgan fingerprint density at radius 2 is 2.20 bits per heavy atom. The normalized spacial score (nSPS) is 13.4. The molecule has 0 saturated heterocycles. The summed E-state index contributed by atoms with van der Waals surface area (Å²) < 4.78 is 0. The highest BCUT2D eigenvalue weighted by molar-refractivity contribution is 6.02. The summed E-state index contributed by atoms with van der Waals surface area (Å²) in [5, 5.41) is 9.04. The summed E-state index contributed by atoms with van der Waals surface area (Å²) >= 11 is 0. The van der Waals surface area contributed by atoms with E-state index in [2.05, 4.69) is 4.98 Å². The maximum Gasteiger partial charge on any atom is 0.335 e. The molecule has 1 amide bonds. The van der Waals surface area contributed by atoms with Crippen LogP contribution in [0.25, 0.3) is 0 Å². The fraction of sp³-hybridized carbons (Fsp3) is 0.133. The van der Waals surface area contributed by atoms with Crippen LogP contribution in [0.2, 0.25) is 0 Å². The zero-order chi connectivity index (χ0) is 14.1. The number of hydrogen-bond donors (Lipinski definition) is 1. The van der Waals surface area contributed by atoms with Crippen LogP contribution in [0.5, 0.6) is 0 Å². The largest absolute Gasteiger partial charge is 0.478 e. The van der Waals surface area contributed by atoms with Gasteiger partial charge in [0.05, 0.1) is 18.5 Å². The van der Waals surface area contributed by atoms with E-state index in [-0.39, 0.29) is 11.5 Å². The van der Waals surface area contributed by atoms with Crippen LogP contribution in [0.15, 0.2) is 42.7 Å². The van der Waals surface area contributed by atoms with Gasteiger partial charge in [0.25, 0.3) is 0 Å². The quantitative estimate of drug-likeness (QED) is 0.922. The van der Waals surface area contributed by atoms with Crippen molar-refractivity contribution in [1.82, 2.24) is 4.98 Å². The summed E-state index contributed by atoms with van der Waals surface area (Å²) in [6.45, 7) is 0.406. The lowest BCUT2D eigenvalue weighted by atomic mass is 10.1. The van der Waals surface area contributed by atoms with E-state index in [4.69, 9.17) is 5.11 Å². The van der Waals surface area contributed by atoms with Crippen molar-refractivity contribution in [1.29, 1.82) is 0 Å². The molecule has 1 aliphatic rings. The molecule has 0 unspecified atom stereocenters. The van der Waals surface area contributed by atoms with E-state index in [0.717, 1.165) is 11.1 Å². The number of pyridine rings is 1. The summed E-state index contributed by atoms with van der Waals surface area (Å²) in [6, 6.07) is 8.49. The van der Waals surface area contributed by atoms with Gasteiger partial charge in [-0.3, -0.25) is 9.78 Å². The third kappa shape index (κ3) is 2.14. The summed E-state index contributed by atoms with van der Waals surface area (Å²) in [4.78, 5) is 28.7. The van der Waals surface area contributed by atoms with Crippen molar-refractivity contribution in [2.45, 2.75) is 13.0 Å². The van der Waals surface area contributed by atoms with Crippen molar-refractivity contribution in [3.05, 3.63) is 59.4 Å². The highest BCUT2D eigenvalue weighted by Gasteiger charge is 2.28. The second-order valence-electron chi connectivity index (χ2n) is 4.67. The van der Waals surface area contributed by atoms with Gasteiger partial charge in [0.15, 0.2) is 0 Å². The first-order valence-corrected chi connectivity index (χ1v) is 6.20. The molecule has 0 atom stereocenters. The molecule has 0 fully saturated rings. The van der Waals surface area contributed by atoms with Gasteiger partial charge in [-0.05, 0) is 29.3 Å². The van der Waals surface area contributed by atoms with Crippen LogP contribution in [0, 0.1) is 0 Å². The van der Waals surface area contributed by atoms with Crippen molar-refractivity contribution >= 4 is 17.6 Å². The molecular formula is C15H12N2O3. The molecule has 1 N–H and O–H groups in total. The van der Waals surface area contributed by atoms with Crippen LogP contribution in [0.3, 0.4) is 0 Å². The van der Waals surface area contributed by atoms with Crippen LogP contribution in [-0.4, -0.2) is 22.0 Å². The smallest absolute Gasteiger partial charge is 0.335 e. The molecule has 1 aromatic heterocycles. The van der Waals surface area contributed by atoms with Gasteiger partial charge < -0.3 is 10.0 Å². The lowest BCUT2D eigenvalue weighted by Crippen LogP contribution is -2.26. The number of anilines is 1. The molecule has 2 heterocycles. The summed E-state index contributed by atoms with van der Waals surface area (Å²) in [7, 11) is 0. The Hall–Kier alpha value is -2.69. The number of fused-ring (bicyclic) bond motifs is 1. The van der Waals surface area contributed by atoms with Gasteiger partial charge >= 0.3 is 5.97 Å². The third-order valence-electron chi connectivity index (χ3n) is 3.33. The van der Waals surface area contributed by atoms with Crippen molar-refractivity contribution in [3.63, 3.8) is 0 Å². The minimum Gasteiger partial charge on any atom is -0.478 e. The summed E-state index contributed by atoms with van der Waals surface area (Å²) in [5.74, 6) is -1.01. The van der Waals surface area contributed by atoms with Crippen LogP contribution in [0.1, 0.15) is 21.5 Å². The lowest BCUT2D eigenvalue weighted by Gasteiger charge is -2.17. The molecule has 100 valence electrons. The maximum absolute atomic E-state index is 12.1. The monoisotopic (exact) mass is 268 g/mol. The van der Waals surface area contributed by atoms with Crippen molar-refractivity contribution in [3.8, 4) is 0 Å². The number of nitrogens with zero attached hydrogens (tertiary/aromatic N) is 2. The number of aromatic carboxylic acids is 1. The molecule has 5 heteroatoms. The highest BCUT2D eigenvalue weighted by Crippen LogP contribution is 2.31. The Labute approximate surface area is 115 Å². The molecule has 0 aliphatic carbocycles. The Morgan fingerprint density at radius 1 is 1.35 bits per heavy atom. The van der Waals surface area contributed by atoms with E-state index >= 15 is 0 Å². The Balaban J connectivity index is 1.96. The average Bonchev–Trinajstić information content (AvgIpc) is 2.75. The van der Waals surface area contributed by atoms with Gasteiger partial charge in [-0.2, -0.15) is 0 Å². The number of amides is 1. The molecule has 1 aromatic carbocycles. The first-order valence-electron chi connectivity index (χ1n) is 6.20. The fourth-order valence-electron chi connectivity index (χ4n) is 2.34. The van der Waals surface area contributed by atoms with E-state index in [0.29, 0.717) is 18.7 Å². The second kappa shape index (κ2) is 4.77. The van der Waals surface area contributed by atoms with Crippen LogP contribution >= 0.6 is 0 Å². The maximum atomic E-state index is 12.1. The Bertz CT molecular complexity index is 683. The highest BCUT2D eigenvalue weighted by atomic mass is 16.4. The average molecular weight is 268 g/mol. The molecule has 20 heavy (non-hydrogen) atoms. The van der Waals surface area contributed by atoms with E-state index in [1.807, 2.05) is 12.1 Å². The number of carboxylic acid groups (broad SMARTS) is 1. The van der Waals surface area contributed by atoms with E-state index in [9.17, 15) is 9.59 Å². The third-order valence-corrected chi connectivity index (χ3v) is 3.33. The number of aromatic nitrogens is 1. The van der Waals surface area contributed by atoms with Crippen LogP contribution in [0.4, 0.5) is 5.69 Å². The molecule has 1 aliphatic heterocycles. The van der Waals surface area contributed by atoms with Gasteiger partial charge in [-0.25, -0.2) is 4.79 Å². The number of carbonyl (C=O) groups excluding carboxylic acids is 1. The molecule has 2 aromatic rings. The minimum absolute atomic E-state index is 0.0219. The molecule has 5 nitrogen and oxygen atoms in total. The van der Waals surface area contributed by atoms with Gasteiger partial charge in [0.2, 0.25) is 5.91 Å². The van der Waals surface area contributed by atoms with Crippen molar-refractivity contribution in [2.24, 2.45) is 0 Å². The topological polar surface area (TPSA) is 70.5 Å². The van der Waals surface area contributed by atoms with Crippen molar-refractivity contribution in [2.75, 3.05) is 4.90 Å². The molecular weight excluding hydrogens is 256 g/mol. The van der Waals surface area contributed by atoms with Gasteiger partial charge in [0, 0.05) is 18.1 Å². The van der Waals surface area contributed by atoms with E-state index in [1.54, 1.807) is 29.4 Å². The van der Waals surface area contributed by atoms with Gasteiger partial charge in [-0.15, -0.1) is 0 Å². The minimum atomic E-state index is -0.992. The number of carboxylic acids is 1. The molecule has 0 spiro atoms. The number of hydrogen-bond acceptors (Lipinski definition) is 3. The zero-order valence-corrected chi connectivity index (χ0v) is 10.6. The SMILES string of the molecule is O=C(O)c1ccc2c(c1)N(Cc1cccnc1)C(=O)C2. The molecule has 0 radical (unpaired) electrons. The number of benzene rings is 1. The Kier molecular flexibility index (Phi) is 2.95. The van der Waals surface area contributed by atoms with Gasteiger partial charge in [-0.1, -0.05) is 12.1 Å². The van der Waals surface area contributed by atoms with Crippen molar-refractivity contribution < 1.29 is 14.7 Å². The molecule has 0 bridgehead atoms. The standard InChI is InChI=1S/C15H12N2O3/c18-14-7-11-3-4-12(15(19)20)6-13(11)17(14)9-10-2-1-5-16-8-10/h1-6,8H,7,9H2,(H,19,20). The molecule has 0 saturated carbocycles. The zero-order valence-electron chi connectivity index (χ0n) is 10.6. The van der Waals surface area contributed by atoms with E-state index in [1.165, 1.54) is 6.07 Å². The van der Waals surface area contributed by atoms with Crippen LogP contribution < -0.4 is 4.90 Å². The lowest BCUT2D eigenvalue weighted by molar-refractivity contribution is -0.117. The first kappa shape index (κ1) is 12.3. The van der Waals surface area contributed by atoms with Crippen LogP contribution in [-0.2, 0) is 17.8 Å². The fourth-order valence-corrected chi connectivity index (χ4v) is 2.34. The number of rotatable bonds is 3. The number of carbonyl (C=O) groups is 2. The predicted molar refractivity (Wildman–Crippen MR) is 72.5 cm³/mol. The summed E-state index contributed by atoms with van der Waals surface area (Å²) in [5.41, 5.74) is 2.65. The Morgan fingerprint density at radius 3 is 2.90 bits per heavy atom. The first-order chi connectivity index (χ1) is 9.65.